The Kier molecular flexibility index (Phi) is 7.17. The smallest absolute Gasteiger partial charge is 0.251 e. The predicted molar refractivity (Wildman–Crippen MR) is 131 cm³/mol. The van der Waals surface area contributed by atoms with Gasteiger partial charge in [-0.1, -0.05) is 50.1 Å². The molecule has 6 heteroatoms. The predicted octanol–water partition coefficient (Wildman–Crippen LogP) is 5.94. The van der Waals surface area contributed by atoms with E-state index in [2.05, 4.69) is 15.2 Å². The number of hydrogen-bond donors (Lipinski definition) is 1. The molecule has 6 aliphatic rings. The molecule has 1 amide bonds. The van der Waals surface area contributed by atoms with Crippen LogP contribution in [-0.4, -0.2) is 41.5 Å². The van der Waals surface area contributed by atoms with Crippen LogP contribution in [0.25, 0.3) is 0 Å². The highest BCUT2D eigenvalue weighted by Crippen LogP contribution is 2.40. The second-order valence-corrected chi connectivity index (χ2v) is 10.5. The molecule has 8 rings (SSSR count). The molecule has 3 saturated carbocycles. The van der Waals surface area contributed by atoms with Gasteiger partial charge < -0.3 is 15.0 Å². The van der Waals surface area contributed by atoms with Gasteiger partial charge in [-0.2, -0.15) is 0 Å². The molecule has 1 aromatic carbocycles. The van der Waals surface area contributed by atoms with Gasteiger partial charge >= 0.3 is 0 Å². The van der Waals surface area contributed by atoms with E-state index in [0.717, 1.165) is 18.4 Å². The number of benzene rings is 1. The van der Waals surface area contributed by atoms with Gasteiger partial charge in [0.2, 0.25) is 5.88 Å². The van der Waals surface area contributed by atoms with E-state index >= 15 is 0 Å². The number of hydrogen-bond acceptors (Lipinski definition) is 4. The molecule has 1 N–H and O–H groups in total. The van der Waals surface area contributed by atoms with Crippen molar-refractivity contribution in [2.75, 3.05) is 19.6 Å². The molecule has 2 aromatic rings. The van der Waals surface area contributed by atoms with Crippen molar-refractivity contribution in [2.24, 2.45) is 17.8 Å². The average Bonchev–Trinajstić information content (AvgIpc) is 2.88. The molecule has 176 valence electrons. The van der Waals surface area contributed by atoms with Gasteiger partial charge in [-0.3, -0.25) is 4.79 Å². The maximum absolute atomic E-state index is 12.5. The van der Waals surface area contributed by atoms with Crippen LogP contribution in [0.3, 0.4) is 0 Å². The summed E-state index contributed by atoms with van der Waals surface area (Å²) in [5.41, 5.74) is 0.635. The lowest BCUT2D eigenvalue weighted by Crippen LogP contribution is -2.57. The van der Waals surface area contributed by atoms with Crippen LogP contribution in [-0.2, 0) is 0 Å². The molecule has 4 heterocycles. The Hall–Kier alpha value is -2.11. The van der Waals surface area contributed by atoms with E-state index in [1.54, 1.807) is 81.1 Å². The number of carbonyl (C=O) groups excluding carboxylic acids is 1. The number of halogens is 1. The van der Waals surface area contributed by atoms with Crippen molar-refractivity contribution >= 4 is 17.5 Å². The van der Waals surface area contributed by atoms with Crippen LogP contribution < -0.4 is 10.1 Å². The Morgan fingerprint density at radius 2 is 1.58 bits per heavy atom. The second kappa shape index (κ2) is 10.4. The van der Waals surface area contributed by atoms with E-state index in [1.165, 1.54) is 25.9 Å². The third-order valence-corrected chi connectivity index (χ3v) is 8.27. The fourth-order valence-corrected chi connectivity index (χ4v) is 6.05. The molecular weight excluding hydrogens is 434 g/mol. The van der Waals surface area contributed by atoms with Crippen LogP contribution in [0.1, 0.15) is 61.7 Å². The van der Waals surface area contributed by atoms with Crippen molar-refractivity contribution in [1.29, 1.82) is 0 Å². The van der Waals surface area contributed by atoms with Crippen LogP contribution in [0.15, 0.2) is 42.6 Å². The quantitative estimate of drug-likeness (QED) is 0.604. The van der Waals surface area contributed by atoms with E-state index in [4.69, 9.17) is 16.3 Å². The third kappa shape index (κ3) is 5.70. The number of aromatic nitrogens is 1. The Labute approximate surface area is 201 Å². The number of amides is 1. The van der Waals surface area contributed by atoms with Crippen LogP contribution >= 0.6 is 11.6 Å². The zero-order valence-corrected chi connectivity index (χ0v) is 20.0. The van der Waals surface area contributed by atoms with Gasteiger partial charge in [0.25, 0.3) is 5.91 Å². The summed E-state index contributed by atoms with van der Waals surface area (Å²) < 4.78 is 5.65. The first-order chi connectivity index (χ1) is 16.1. The van der Waals surface area contributed by atoms with Gasteiger partial charge in [0, 0.05) is 24.3 Å². The molecule has 1 aromatic heterocycles. The second-order valence-electron chi connectivity index (χ2n) is 10.1. The van der Waals surface area contributed by atoms with Gasteiger partial charge in [-0.25, -0.2) is 4.98 Å². The molecule has 3 saturated heterocycles. The van der Waals surface area contributed by atoms with Gasteiger partial charge in [0.05, 0.1) is 0 Å². The highest BCUT2D eigenvalue weighted by molar-refractivity contribution is 6.31. The zero-order valence-electron chi connectivity index (χ0n) is 19.2. The SMILES string of the molecule is C1CC2CCC1CC2.O=C(N[C@H]1CN2CCC1CC2)c1ccc(Oc2ncccc2Cl)cc1. The summed E-state index contributed by atoms with van der Waals surface area (Å²) in [7, 11) is 0. The standard InChI is InChI=1S/C19H20ClN3O2.C8H14/c20-16-2-1-9-21-19(16)25-15-5-3-14(4-6-15)18(24)22-17-12-23-10-7-13(17)8-11-23;1-2-8-5-3-7(1)4-6-8/h1-6,9,13,17H,7-8,10-12H2,(H,22,24);7-8H,1-6H2/t17-;/m0./s1. The number of pyridine rings is 1. The Morgan fingerprint density at radius 1 is 0.939 bits per heavy atom. The molecule has 0 radical (unpaired) electrons. The molecule has 0 unspecified atom stereocenters. The highest BCUT2D eigenvalue weighted by atomic mass is 35.5. The van der Waals surface area contributed by atoms with Crippen molar-refractivity contribution in [1.82, 2.24) is 15.2 Å². The van der Waals surface area contributed by atoms with Crippen LogP contribution in [0.4, 0.5) is 0 Å². The summed E-state index contributed by atoms with van der Waals surface area (Å²) in [6.45, 7) is 3.30. The molecule has 6 fully saturated rings. The summed E-state index contributed by atoms with van der Waals surface area (Å²) >= 11 is 6.04. The fourth-order valence-electron chi connectivity index (χ4n) is 5.89. The van der Waals surface area contributed by atoms with Crippen molar-refractivity contribution in [2.45, 2.75) is 57.4 Å². The van der Waals surface area contributed by atoms with Crippen LogP contribution in [0.5, 0.6) is 11.6 Å². The summed E-state index contributed by atoms with van der Waals surface area (Å²) in [6, 6.07) is 10.8. The van der Waals surface area contributed by atoms with Gasteiger partial charge in [0.15, 0.2) is 0 Å². The van der Waals surface area contributed by atoms with Crippen molar-refractivity contribution in [3.05, 3.63) is 53.2 Å². The van der Waals surface area contributed by atoms with Crippen molar-refractivity contribution in [3.8, 4) is 11.6 Å². The van der Waals surface area contributed by atoms with Gasteiger partial charge in [-0.15, -0.1) is 0 Å². The zero-order chi connectivity index (χ0) is 22.6. The molecule has 3 aliphatic carbocycles. The minimum absolute atomic E-state index is 0.0267. The number of ether oxygens (including phenoxy) is 1. The number of rotatable bonds is 4. The fraction of sp³-hybridized carbons (Fsp3) is 0.556. The first-order valence-electron chi connectivity index (χ1n) is 12.6. The Balaban J connectivity index is 0.000000238. The number of nitrogens with zero attached hydrogens (tertiary/aromatic N) is 2. The van der Waals surface area contributed by atoms with E-state index in [1.807, 2.05) is 0 Å². The van der Waals surface area contributed by atoms with E-state index in [-0.39, 0.29) is 11.9 Å². The minimum Gasteiger partial charge on any atom is -0.438 e. The number of piperidine rings is 3. The Morgan fingerprint density at radius 3 is 2.09 bits per heavy atom. The third-order valence-electron chi connectivity index (χ3n) is 7.98. The average molecular weight is 468 g/mol. The minimum atomic E-state index is -0.0267. The monoisotopic (exact) mass is 467 g/mol. The van der Waals surface area contributed by atoms with E-state index < -0.39 is 0 Å². The number of carbonyl (C=O) groups is 1. The maximum Gasteiger partial charge on any atom is 0.251 e. The summed E-state index contributed by atoms with van der Waals surface area (Å²) in [5.74, 6) is 3.85. The maximum atomic E-state index is 12.5. The van der Waals surface area contributed by atoms with E-state index in [0.29, 0.717) is 28.1 Å². The molecule has 4 bridgehead atoms. The van der Waals surface area contributed by atoms with Gasteiger partial charge in [0.1, 0.15) is 10.8 Å². The first-order valence-corrected chi connectivity index (χ1v) is 12.9. The van der Waals surface area contributed by atoms with Crippen LogP contribution in [0, 0.1) is 17.8 Å². The normalized spacial score (nSPS) is 29.7. The van der Waals surface area contributed by atoms with E-state index in [9.17, 15) is 4.79 Å². The molecule has 5 nitrogen and oxygen atoms in total. The first kappa shape index (κ1) is 22.7. The molecule has 3 aliphatic heterocycles. The van der Waals surface area contributed by atoms with Crippen LogP contribution in [0.2, 0.25) is 5.02 Å². The molecule has 1 atom stereocenters. The summed E-state index contributed by atoms with van der Waals surface area (Å²) in [4.78, 5) is 19.0. The lowest BCUT2D eigenvalue weighted by Gasteiger charge is -2.44. The Bertz CT molecular complexity index is 912. The molecule has 0 spiro atoms. The molecule has 33 heavy (non-hydrogen) atoms. The summed E-state index contributed by atoms with van der Waals surface area (Å²) in [6.07, 6.45) is 13.3. The number of fused-ring (bicyclic) bond motifs is 6. The topological polar surface area (TPSA) is 54.5 Å². The van der Waals surface area contributed by atoms with Gasteiger partial charge in [-0.05, 0) is 80.1 Å². The lowest BCUT2D eigenvalue weighted by atomic mass is 9.71. The summed E-state index contributed by atoms with van der Waals surface area (Å²) in [5, 5.41) is 3.64. The highest BCUT2D eigenvalue weighted by Gasteiger charge is 2.35. The molecular formula is C27H34ClN3O2. The lowest BCUT2D eigenvalue weighted by molar-refractivity contribution is 0.0620. The largest absolute Gasteiger partial charge is 0.438 e. The van der Waals surface area contributed by atoms with Crippen molar-refractivity contribution in [3.63, 3.8) is 0 Å². The number of nitrogens with one attached hydrogen (secondary N) is 1. The van der Waals surface area contributed by atoms with Crippen molar-refractivity contribution < 1.29 is 9.53 Å².